The fourth-order valence-corrected chi connectivity index (χ4v) is 0.396. The van der Waals surface area contributed by atoms with Gasteiger partial charge in [-0.2, -0.15) is 0 Å². The fourth-order valence-electron chi connectivity index (χ4n) is 0.396. The van der Waals surface area contributed by atoms with Crippen molar-refractivity contribution in [1.82, 2.24) is 0 Å². The van der Waals surface area contributed by atoms with E-state index in [9.17, 15) is 9.59 Å². The van der Waals surface area contributed by atoms with Gasteiger partial charge in [-0.05, 0) is 6.92 Å². The van der Waals surface area contributed by atoms with Gasteiger partial charge in [-0.25, -0.2) is 9.59 Å². The normalized spacial score (nSPS) is 11.8. The lowest BCUT2D eigenvalue weighted by atomic mass is 10.3. The monoisotopic (exact) mass is 174 g/mol. The second-order valence-corrected chi connectivity index (χ2v) is 2.20. The zero-order valence-electron chi connectivity index (χ0n) is 6.61. The van der Waals surface area contributed by atoms with Crippen LogP contribution in [0.5, 0.6) is 0 Å². The fraction of sp³-hybridized carbons (Fsp3) is 0.429. The number of carbonyl (C=O) groups excluding carboxylic acids is 1. The number of carboxylic acid groups (broad SMARTS) is 1. The molecule has 0 saturated carbocycles. The molecule has 0 aromatic rings. The third kappa shape index (κ3) is 3.16. The standard InChI is InChI=1S/C7H10O5/c1-4(2)7(11)12-5(3-8)6(9)10/h5,8H,1,3H2,2H3,(H,9,10). The molecule has 5 nitrogen and oxygen atoms in total. The third-order valence-corrected chi connectivity index (χ3v) is 1.04. The molecule has 0 aliphatic rings. The molecule has 5 heteroatoms. The molecular weight excluding hydrogens is 164 g/mol. The molecule has 0 aromatic heterocycles. The van der Waals surface area contributed by atoms with E-state index in [0.29, 0.717) is 0 Å². The van der Waals surface area contributed by atoms with Gasteiger partial charge in [0.05, 0.1) is 6.61 Å². The highest BCUT2D eigenvalue weighted by molar-refractivity contribution is 5.89. The molecule has 1 atom stereocenters. The van der Waals surface area contributed by atoms with E-state index >= 15 is 0 Å². The first-order chi connectivity index (χ1) is 5.49. The van der Waals surface area contributed by atoms with E-state index in [2.05, 4.69) is 11.3 Å². The van der Waals surface area contributed by atoms with Crippen LogP contribution in [0.4, 0.5) is 0 Å². The Labute approximate surface area is 69.3 Å². The smallest absolute Gasteiger partial charge is 0.347 e. The summed E-state index contributed by atoms with van der Waals surface area (Å²) in [7, 11) is 0. The Balaban J connectivity index is 4.12. The summed E-state index contributed by atoms with van der Waals surface area (Å²) < 4.78 is 4.33. The number of aliphatic carboxylic acids is 1. The van der Waals surface area contributed by atoms with Crippen molar-refractivity contribution in [2.75, 3.05) is 6.61 Å². The lowest BCUT2D eigenvalue weighted by molar-refractivity contribution is -0.163. The van der Waals surface area contributed by atoms with Gasteiger partial charge in [-0.15, -0.1) is 0 Å². The van der Waals surface area contributed by atoms with Gasteiger partial charge in [0, 0.05) is 5.57 Å². The second kappa shape index (κ2) is 4.50. The van der Waals surface area contributed by atoms with Crippen molar-refractivity contribution in [3.05, 3.63) is 12.2 Å². The molecule has 0 aliphatic heterocycles. The van der Waals surface area contributed by atoms with Gasteiger partial charge in [-0.1, -0.05) is 6.58 Å². The number of carbonyl (C=O) groups is 2. The number of esters is 1. The number of rotatable bonds is 4. The number of aliphatic hydroxyl groups excluding tert-OH is 1. The second-order valence-electron chi connectivity index (χ2n) is 2.20. The molecule has 0 aromatic carbocycles. The van der Waals surface area contributed by atoms with Crippen molar-refractivity contribution in [1.29, 1.82) is 0 Å². The summed E-state index contributed by atoms with van der Waals surface area (Å²) >= 11 is 0. The van der Waals surface area contributed by atoms with Crippen LogP contribution < -0.4 is 0 Å². The van der Waals surface area contributed by atoms with E-state index < -0.39 is 24.6 Å². The van der Waals surface area contributed by atoms with Gasteiger partial charge in [0.15, 0.2) is 0 Å². The van der Waals surface area contributed by atoms with Gasteiger partial charge in [0.2, 0.25) is 6.10 Å². The van der Waals surface area contributed by atoms with E-state index in [-0.39, 0.29) is 5.57 Å². The van der Waals surface area contributed by atoms with Crippen LogP contribution in [-0.2, 0) is 14.3 Å². The Morgan fingerprint density at radius 3 is 2.33 bits per heavy atom. The molecular formula is C7H10O5. The SMILES string of the molecule is C=C(C)C(=O)OC(CO)C(=O)O. The van der Waals surface area contributed by atoms with Gasteiger partial charge in [0.25, 0.3) is 0 Å². The summed E-state index contributed by atoms with van der Waals surface area (Å²) in [5, 5.41) is 16.8. The Morgan fingerprint density at radius 1 is 1.58 bits per heavy atom. The summed E-state index contributed by atoms with van der Waals surface area (Å²) in [4.78, 5) is 20.9. The number of aliphatic hydroxyl groups is 1. The van der Waals surface area contributed by atoms with E-state index in [1.807, 2.05) is 0 Å². The quantitative estimate of drug-likeness (QED) is 0.445. The molecule has 0 heterocycles. The van der Waals surface area contributed by atoms with Crippen LogP contribution >= 0.6 is 0 Å². The highest BCUT2D eigenvalue weighted by Gasteiger charge is 2.20. The molecule has 1 unspecified atom stereocenters. The third-order valence-electron chi connectivity index (χ3n) is 1.04. The Hall–Kier alpha value is -1.36. The molecule has 12 heavy (non-hydrogen) atoms. The summed E-state index contributed by atoms with van der Waals surface area (Å²) in [5.74, 6) is -2.21. The van der Waals surface area contributed by atoms with Crippen LogP contribution in [0.3, 0.4) is 0 Å². The van der Waals surface area contributed by atoms with Gasteiger partial charge in [0.1, 0.15) is 0 Å². The first-order valence-corrected chi connectivity index (χ1v) is 3.19. The Morgan fingerprint density at radius 2 is 2.08 bits per heavy atom. The van der Waals surface area contributed by atoms with Crippen LogP contribution in [0, 0.1) is 0 Å². The molecule has 0 bridgehead atoms. The van der Waals surface area contributed by atoms with Crippen molar-refractivity contribution in [3.8, 4) is 0 Å². The highest BCUT2D eigenvalue weighted by Crippen LogP contribution is 1.98. The number of hydrogen-bond acceptors (Lipinski definition) is 4. The molecule has 0 radical (unpaired) electrons. The molecule has 0 saturated heterocycles. The molecule has 0 aliphatic carbocycles. The zero-order valence-corrected chi connectivity index (χ0v) is 6.61. The summed E-state index contributed by atoms with van der Waals surface area (Å²) in [6.45, 7) is 3.90. The molecule has 0 fully saturated rings. The van der Waals surface area contributed by atoms with Gasteiger partial charge in [-0.3, -0.25) is 0 Å². The summed E-state index contributed by atoms with van der Waals surface area (Å²) in [6.07, 6.45) is -1.51. The number of ether oxygens (including phenoxy) is 1. The number of hydrogen-bond donors (Lipinski definition) is 2. The average molecular weight is 174 g/mol. The minimum absolute atomic E-state index is 0.0923. The van der Waals surface area contributed by atoms with Gasteiger partial charge < -0.3 is 14.9 Å². The van der Waals surface area contributed by atoms with Gasteiger partial charge >= 0.3 is 11.9 Å². The topological polar surface area (TPSA) is 83.8 Å². The predicted octanol–water partition coefficient (Wildman–Crippen LogP) is -0.449. The minimum Gasteiger partial charge on any atom is -0.478 e. The molecule has 0 spiro atoms. The minimum atomic E-state index is -1.51. The van der Waals surface area contributed by atoms with Crippen LogP contribution in [-0.4, -0.2) is 34.9 Å². The van der Waals surface area contributed by atoms with Crippen molar-refractivity contribution >= 4 is 11.9 Å². The first-order valence-electron chi connectivity index (χ1n) is 3.19. The maximum absolute atomic E-state index is 10.7. The zero-order chi connectivity index (χ0) is 9.72. The summed E-state index contributed by atoms with van der Waals surface area (Å²) in [6, 6.07) is 0. The maximum Gasteiger partial charge on any atom is 0.347 e. The Bertz CT molecular complexity index is 208. The molecule has 2 N–H and O–H groups in total. The molecule has 0 amide bonds. The van der Waals surface area contributed by atoms with Crippen LogP contribution in [0.2, 0.25) is 0 Å². The molecule has 0 rings (SSSR count). The Kier molecular flexibility index (Phi) is 3.99. The van der Waals surface area contributed by atoms with Crippen LogP contribution in [0.25, 0.3) is 0 Å². The largest absolute Gasteiger partial charge is 0.478 e. The highest BCUT2D eigenvalue weighted by atomic mass is 16.6. The van der Waals surface area contributed by atoms with Crippen molar-refractivity contribution in [2.45, 2.75) is 13.0 Å². The van der Waals surface area contributed by atoms with E-state index in [1.54, 1.807) is 0 Å². The summed E-state index contributed by atoms with van der Waals surface area (Å²) in [5.41, 5.74) is 0.0923. The number of carboxylic acids is 1. The lowest BCUT2D eigenvalue weighted by Crippen LogP contribution is -2.30. The van der Waals surface area contributed by atoms with Crippen molar-refractivity contribution < 1.29 is 24.5 Å². The predicted molar refractivity (Wildman–Crippen MR) is 39.4 cm³/mol. The van der Waals surface area contributed by atoms with Crippen LogP contribution in [0.15, 0.2) is 12.2 Å². The van der Waals surface area contributed by atoms with E-state index in [0.717, 1.165) is 0 Å². The van der Waals surface area contributed by atoms with Crippen LogP contribution in [0.1, 0.15) is 6.92 Å². The van der Waals surface area contributed by atoms with E-state index in [1.165, 1.54) is 6.92 Å². The van der Waals surface area contributed by atoms with E-state index in [4.69, 9.17) is 10.2 Å². The molecule has 68 valence electrons. The average Bonchev–Trinajstić information content (AvgIpc) is 1.98. The van der Waals surface area contributed by atoms with Crippen molar-refractivity contribution in [3.63, 3.8) is 0 Å². The lowest BCUT2D eigenvalue weighted by Gasteiger charge is -2.09. The first kappa shape index (κ1) is 10.6. The van der Waals surface area contributed by atoms with Crippen molar-refractivity contribution in [2.24, 2.45) is 0 Å². The maximum atomic E-state index is 10.7.